The average molecular weight is 682 g/mol. The van der Waals surface area contributed by atoms with Gasteiger partial charge in [0.1, 0.15) is 18.1 Å². The normalized spacial score (nSPS) is 14.7. The van der Waals surface area contributed by atoms with E-state index in [1.54, 1.807) is 18.6 Å². The summed E-state index contributed by atoms with van der Waals surface area (Å²) in [4.78, 5) is 32.7. The van der Waals surface area contributed by atoms with Gasteiger partial charge in [-0.3, -0.25) is 9.36 Å². The zero-order valence-corrected chi connectivity index (χ0v) is 27.1. The summed E-state index contributed by atoms with van der Waals surface area (Å²) in [5.41, 5.74) is 3.24. The standard InChI is InChI=1S/C33H30BrClN2O5S/c1-4-8-26-29(32(39)41-5-2)30(21-13-16-27(40-3)24(34)18-21)37-31(38)28(43-33(37)36-26)17-20-11-14-23(15-12-20)42-19-22-9-6-7-10-25(22)35/h6-7,9-18,30H,4-5,8,19H2,1-3H3/b28-17-. The third-order valence-corrected chi connectivity index (χ3v) is 8.89. The lowest BCUT2D eigenvalue weighted by Crippen LogP contribution is -2.40. The number of aromatic nitrogens is 1. The van der Waals surface area contributed by atoms with E-state index >= 15 is 0 Å². The number of nitrogens with zero attached hydrogens (tertiary/aromatic N) is 2. The van der Waals surface area contributed by atoms with Crippen LogP contribution in [0.15, 0.2) is 92.3 Å². The molecule has 0 fully saturated rings. The predicted octanol–water partition coefficient (Wildman–Crippen LogP) is 6.58. The van der Waals surface area contributed by atoms with Crippen LogP contribution < -0.4 is 24.4 Å². The molecule has 0 radical (unpaired) electrons. The van der Waals surface area contributed by atoms with Gasteiger partial charge in [-0.25, -0.2) is 9.79 Å². The Labute approximate surface area is 266 Å². The smallest absolute Gasteiger partial charge is 0.338 e. The number of allylic oxidation sites excluding steroid dienone is 1. The monoisotopic (exact) mass is 680 g/mol. The molecule has 0 saturated carbocycles. The van der Waals surface area contributed by atoms with Gasteiger partial charge in [0.25, 0.3) is 5.56 Å². The van der Waals surface area contributed by atoms with Gasteiger partial charge >= 0.3 is 5.97 Å². The lowest BCUT2D eigenvalue weighted by molar-refractivity contribution is -0.139. The van der Waals surface area contributed by atoms with Crippen LogP contribution in [0.5, 0.6) is 11.5 Å². The number of esters is 1. The average Bonchev–Trinajstić information content (AvgIpc) is 3.31. The molecule has 0 aliphatic carbocycles. The molecule has 3 aromatic carbocycles. The molecular formula is C33H30BrClN2O5S. The third kappa shape index (κ3) is 6.64. The molecule has 0 bridgehead atoms. The molecule has 10 heteroatoms. The highest BCUT2D eigenvalue weighted by atomic mass is 79.9. The Morgan fingerprint density at radius 1 is 1.12 bits per heavy atom. The Bertz CT molecular complexity index is 1860. The number of hydrogen-bond acceptors (Lipinski definition) is 7. The zero-order valence-electron chi connectivity index (χ0n) is 23.9. The number of thiazole rings is 1. The minimum atomic E-state index is -0.707. The van der Waals surface area contributed by atoms with Crippen molar-refractivity contribution in [1.82, 2.24) is 4.57 Å². The number of methoxy groups -OCH3 is 1. The molecule has 0 amide bonds. The lowest BCUT2D eigenvalue weighted by Gasteiger charge is -2.26. The predicted molar refractivity (Wildman–Crippen MR) is 173 cm³/mol. The highest BCUT2D eigenvalue weighted by Crippen LogP contribution is 2.36. The van der Waals surface area contributed by atoms with E-state index in [2.05, 4.69) is 15.9 Å². The van der Waals surface area contributed by atoms with Crippen LogP contribution >= 0.6 is 38.9 Å². The molecule has 0 saturated heterocycles. The molecule has 222 valence electrons. The number of ether oxygens (including phenoxy) is 3. The molecule has 1 aliphatic heterocycles. The number of carbonyl (C=O) groups excluding carboxylic acids is 1. The summed E-state index contributed by atoms with van der Waals surface area (Å²) in [7, 11) is 1.59. The Morgan fingerprint density at radius 3 is 2.56 bits per heavy atom. The second-order valence-electron chi connectivity index (χ2n) is 9.76. The van der Waals surface area contributed by atoms with Gasteiger partial charge in [0.2, 0.25) is 0 Å². The van der Waals surface area contributed by atoms with Crippen molar-refractivity contribution in [2.45, 2.75) is 39.3 Å². The Hall–Kier alpha value is -3.66. The largest absolute Gasteiger partial charge is 0.496 e. The lowest BCUT2D eigenvalue weighted by atomic mass is 9.94. The van der Waals surface area contributed by atoms with E-state index in [1.807, 2.05) is 79.7 Å². The summed E-state index contributed by atoms with van der Waals surface area (Å²) in [5, 5.41) is 0.656. The van der Waals surface area contributed by atoms with E-state index in [4.69, 9.17) is 30.8 Å². The first-order chi connectivity index (χ1) is 20.8. The number of benzene rings is 3. The van der Waals surface area contributed by atoms with Gasteiger partial charge in [-0.15, -0.1) is 0 Å². The number of hydrogen-bond donors (Lipinski definition) is 0. The van der Waals surface area contributed by atoms with Crippen LogP contribution in [0.4, 0.5) is 0 Å². The maximum atomic E-state index is 14.0. The summed E-state index contributed by atoms with van der Waals surface area (Å²) in [6, 6.07) is 19.9. The van der Waals surface area contributed by atoms with Crippen LogP contribution in [0.1, 0.15) is 49.4 Å². The minimum absolute atomic E-state index is 0.212. The summed E-state index contributed by atoms with van der Waals surface area (Å²) < 4.78 is 19.6. The maximum Gasteiger partial charge on any atom is 0.338 e. The maximum absolute atomic E-state index is 14.0. The fourth-order valence-electron chi connectivity index (χ4n) is 4.88. The topological polar surface area (TPSA) is 79.1 Å². The van der Waals surface area contributed by atoms with Crippen LogP contribution in [-0.4, -0.2) is 24.3 Å². The molecule has 1 aliphatic rings. The van der Waals surface area contributed by atoms with Crippen LogP contribution in [-0.2, 0) is 16.1 Å². The summed E-state index contributed by atoms with van der Waals surface area (Å²) in [6.45, 7) is 4.35. The van der Waals surface area contributed by atoms with Gasteiger partial charge in [-0.05, 0) is 76.8 Å². The van der Waals surface area contributed by atoms with Crippen LogP contribution in [0.25, 0.3) is 6.08 Å². The second-order valence-corrected chi connectivity index (χ2v) is 12.0. The molecule has 7 nitrogen and oxygen atoms in total. The van der Waals surface area contributed by atoms with E-state index in [0.717, 1.165) is 23.1 Å². The van der Waals surface area contributed by atoms with E-state index < -0.39 is 12.0 Å². The molecule has 2 heterocycles. The number of fused-ring (bicyclic) bond motifs is 1. The third-order valence-electron chi connectivity index (χ3n) is 6.91. The number of carbonyl (C=O) groups is 1. The summed E-state index contributed by atoms with van der Waals surface area (Å²) >= 11 is 11.1. The van der Waals surface area contributed by atoms with Crippen LogP contribution in [0.3, 0.4) is 0 Å². The van der Waals surface area contributed by atoms with Crippen molar-refractivity contribution in [3.63, 3.8) is 0 Å². The van der Waals surface area contributed by atoms with E-state index in [0.29, 0.717) is 54.6 Å². The summed E-state index contributed by atoms with van der Waals surface area (Å²) in [6.07, 6.45) is 3.18. The highest BCUT2D eigenvalue weighted by Gasteiger charge is 2.34. The first kappa shape index (κ1) is 30.8. The van der Waals surface area contributed by atoms with Crippen molar-refractivity contribution in [3.05, 3.63) is 124 Å². The molecule has 5 rings (SSSR count). The van der Waals surface area contributed by atoms with Gasteiger partial charge in [0, 0.05) is 10.6 Å². The quantitative estimate of drug-likeness (QED) is 0.177. The molecule has 43 heavy (non-hydrogen) atoms. The number of rotatable bonds is 10. The Morgan fingerprint density at radius 2 is 1.88 bits per heavy atom. The van der Waals surface area contributed by atoms with E-state index in [9.17, 15) is 9.59 Å². The number of halogens is 2. The first-order valence-electron chi connectivity index (χ1n) is 13.9. The molecule has 0 N–H and O–H groups in total. The minimum Gasteiger partial charge on any atom is -0.496 e. The van der Waals surface area contributed by atoms with E-state index in [1.165, 1.54) is 11.3 Å². The molecule has 1 atom stereocenters. The SMILES string of the molecule is CCCC1=C(C(=O)OCC)C(c2ccc(OC)c(Br)c2)n2c(s/c(=C\c3ccc(OCc4ccccc4Cl)cc3)c2=O)=N1. The fourth-order valence-corrected chi connectivity index (χ4v) is 6.65. The van der Waals surface area contributed by atoms with Crippen LogP contribution in [0, 0.1) is 0 Å². The molecular weight excluding hydrogens is 652 g/mol. The van der Waals surface area contributed by atoms with Crippen molar-refractivity contribution >= 4 is 50.9 Å². The Balaban J connectivity index is 1.56. The van der Waals surface area contributed by atoms with Crippen molar-refractivity contribution in [1.29, 1.82) is 0 Å². The van der Waals surface area contributed by atoms with E-state index in [-0.39, 0.29) is 12.2 Å². The zero-order chi connectivity index (χ0) is 30.5. The highest BCUT2D eigenvalue weighted by molar-refractivity contribution is 9.10. The van der Waals surface area contributed by atoms with Gasteiger partial charge in [-0.2, -0.15) is 0 Å². The molecule has 1 aromatic heterocycles. The van der Waals surface area contributed by atoms with Crippen molar-refractivity contribution < 1.29 is 19.0 Å². The fraction of sp³-hybridized carbons (Fsp3) is 0.242. The van der Waals surface area contributed by atoms with Crippen LogP contribution in [0.2, 0.25) is 5.02 Å². The van der Waals surface area contributed by atoms with Crippen molar-refractivity contribution in [3.8, 4) is 11.5 Å². The molecule has 1 unspecified atom stereocenters. The summed E-state index contributed by atoms with van der Waals surface area (Å²) in [5.74, 6) is 0.853. The van der Waals surface area contributed by atoms with Gasteiger partial charge < -0.3 is 14.2 Å². The van der Waals surface area contributed by atoms with Gasteiger partial charge in [-0.1, -0.05) is 72.7 Å². The Kier molecular flexibility index (Phi) is 9.85. The van der Waals surface area contributed by atoms with Crippen molar-refractivity contribution in [2.24, 2.45) is 4.99 Å². The molecule has 4 aromatic rings. The van der Waals surface area contributed by atoms with Crippen molar-refractivity contribution in [2.75, 3.05) is 13.7 Å². The van der Waals surface area contributed by atoms with Gasteiger partial charge in [0.15, 0.2) is 4.80 Å². The molecule has 0 spiro atoms. The first-order valence-corrected chi connectivity index (χ1v) is 15.8. The van der Waals surface area contributed by atoms with Gasteiger partial charge in [0.05, 0.1) is 40.0 Å². The second kappa shape index (κ2) is 13.8.